The first-order chi connectivity index (χ1) is 8.10. The van der Waals surface area contributed by atoms with E-state index in [1.807, 2.05) is 0 Å². The van der Waals surface area contributed by atoms with Crippen LogP contribution >= 0.6 is 15.9 Å². The van der Waals surface area contributed by atoms with Crippen LogP contribution in [0.4, 0.5) is 0 Å². The summed E-state index contributed by atoms with van der Waals surface area (Å²) in [7, 11) is 0. The summed E-state index contributed by atoms with van der Waals surface area (Å²) in [6.45, 7) is 8.73. The number of halogens is 1. The van der Waals surface area contributed by atoms with Crippen LogP contribution in [0.2, 0.25) is 0 Å². The largest absolute Gasteiger partial charge is 0.103 e. The molecule has 0 heterocycles. The summed E-state index contributed by atoms with van der Waals surface area (Å²) in [6.07, 6.45) is 2.01. The Morgan fingerprint density at radius 2 is 1.94 bits per heavy atom. The lowest BCUT2D eigenvalue weighted by Gasteiger charge is -2.16. The molecule has 92 valence electrons. The second kappa shape index (κ2) is 6.87. The molecule has 1 heteroatoms. The minimum atomic E-state index is 0.411. The molecule has 1 rings (SSSR count). The highest BCUT2D eigenvalue weighted by atomic mass is 79.9. The molecule has 0 saturated carbocycles. The molecule has 1 aromatic carbocycles. The zero-order valence-corrected chi connectivity index (χ0v) is 12.8. The van der Waals surface area contributed by atoms with Crippen LogP contribution in [0.5, 0.6) is 0 Å². The van der Waals surface area contributed by atoms with Gasteiger partial charge in [-0.2, -0.15) is 0 Å². The van der Waals surface area contributed by atoms with Crippen molar-refractivity contribution < 1.29 is 0 Å². The maximum atomic E-state index is 3.64. The molecule has 0 N–H and O–H groups in total. The maximum absolute atomic E-state index is 3.64. The summed E-state index contributed by atoms with van der Waals surface area (Å²) in [5.41, 5.74) is 2.74. The SMILES string of the molecule is CCC#CC(C)C(C)c1ccc(CC)c(Br)c1. The second-order valence-corrected chi connectivity index (χ2v) is 5.31. The lowest BCUT2D eigenvalue weighted by Crippen LogP contribution is -2.04. The molecule has 0 nitrogen and oxygen atoms in total. The van der Waals surface area contributed by atoms with Crippen LogP contribution in [0, 0.1) is 17.8 Å². The fourth-order valence-corrected chi connectivity index (χ4v) is 2.49. The van der Waals surface area contributed by atoms with E-state index in [1.54, 1.807) is 0 Å². The topological polar surface area (TPSA) is 0 Å². The highest BCUT2D eigenvalue weighted by Crippen LogP contribution is 2.28. The normalized spacial score (nSPS) is 13.7. The van der Waals surface area contributed by atoms with Crippen molar-refractivity contribution in [3.8, 4) is 11.8 Å². The van der Waals surface area contributed by atoms with Crippen LogP contribution in [0.25, 0.3) is 0 Å². The molecule has 0 bridgehead atoms. The van der Waals surface area contributed by atoms with E-state index in [0.717, 1.165) is 12.8 Å². The van der Waals surface area contributed by atoms with Crippen LogP contribution in [0.1, 0.15) is 51.2 Å². The van der Waals surface area contributed by atoms with Crippen molar-refractivity contribution in [2.75, 3.05) is 0 Å². The van der Waals surface area contributed by atoms with Gasteiger partial charge >= 0.3 is 0 Å². The minimum Gasteiger partial charge on any atom is -0.103 e. The van der Waals surface area contributed by atoms with Crippen molar-refractivity contribution in [3.05, 3.63) is 33.8 Å². The molecule has 0 aromatic heterocycles. The van der Waals surface area contributed by atoms with Crippen LogP contribution in [0.15, 0.2) is 22.7 Å². The van der Waals surface area contributed by atoms with Gasteiger partial charge in [-0.25, -0.2) is 0 Å². The van der Waals surface area contributed by atoms with Crippen LogP contribution < -0.4 is 0 Å². The molecule has 0 aliphatic carbocycles. The molecule has 0 saturated heterocycles. The van der Waals surface area contributed by atoms with Gasteiger partial charge in [0.25, 0.3) is 0 Å². The van der Waals surface area contributed by atoms with Crippen molar-refractivity contribution in [2.24, 2.45) is 5.92 Å². The van der Waals surface area contributed by atoms with Crippen molar-refractivity contribution in [1.82, 2.24) is 0 Å². The van der Waals surface area contributed by atoms with E-state index in [-0.39, 0.29) is 0 Å². The lowest BCUT2D eigenvalue weighted by atomic mass is 9.88. The summed E-state index contributed by atoms with van der Waals surface area (Å²) in [5.74, 6) is 7.38. The van der Waals surface area contributed by atoms with Crippen LogP contribution in [-0.2, 0) is 6.42 Å². The zero-order valence-electron chi connectivity index (χ0n) is 11.2. The molecule has 0 amide bonds. The number of hydrogen-bond acceptors (Lipinski definition) is 0. The van der Waals surface area contributed by atoms with Gasteiger partial charge in [0.1, 0.15) is 0 Å². The van der Waals surface area contributed by atoms with Crippen LogP contribution in [-0.4, -0.2) is 0 Å². The van der Waals surface area contributed by atoms with Crippen molar-refractivity contribution in [1.29, 1.82) is 0 Å². The Labute approximate surface area is 114 Å². The number of rotatable bonds is 3. The quantitative estimate of drug-likeness (QED) is 0.675. The van der Waals surface area contributed by atoms with Gasteiger partial charge < -0.3 is 0 Å². The van der Waals surface area contributed by atoms with Gasteiger partial charge in [-0.1, -0.05) is 61.7 Å². The Balaban J connectivity index is 2.89. The van der Waals surface area contributed by atoms with Gasteiger partial charge in [0.2, 0.25) is 0 Å². The van der Waals surface area contributed by atoms with E-state index in [0.29, 0.717) is 11.8 Å². The third-order valence-corrected chi connectivity index (χ3v) is 3.98. The standard InChI is InChI=1S/C16H21Br/c1-5-7-8-12(3)13(4)15-10-9-14(6-2)16(17)11-15/h9-13H,5-6H2,1-4H3. The molecular weight excluding hydrogens is 272 g/mol. The Bertz CT molecular complexity index is 423. The predicted octanol–water partition coefficient (Wildman–Crippen LogP) is 5.16. The Kier molecular flexibility index (Phi) is 5.78. The Morgan fingerprint density at radius 1 is 1.24 bits per heavy atom. The van der Waals surface area contributed by atoms with E-state index in [1.165, 1.54) is 15.6 Å². The van der Waals surface area contributed by atoms with Gasteiger partial charge in [0.05, 0.1) is 0 Å². The van der Waals surface area contributed by atoms with Gasteiger partial charge in [-0.05, 0) is 29.5 Å². The van der Waals surface area contributed by atoms with Gasteiger partial charge in [-0.15, -0.1) is 5.92 Å². The Morgan fingerprint density at radius 3 is 2.47 bits per heavy atom. The van der Waals surface area contributed by atoms with E-state index in [2.05, 4.69) is 73.7 Å². The minimum absolute atomic E-state index is 0.411. The monoisotopic (exact) mass is 292 g/mol. The molecule has 0 spiro atoms. The maximum Gasteiger partial charge on any atom is 0.0240 e. The van der Waals surface area contributed by atoms with Crippen molar-refractivity contribution >= 4 is 15.9 Å². The molecule has 17 heavy (non-hydrogen) atoms. The lowest BCUT2D eigenvalue weighted by molar-refractivity contribution is 0.609. The first kappa shape index (κ1) is 14.3. The molecule has 0 fully saturated rings. The summed E-state index contributed by atoms with van der Waals surface area (Å²) in [4.78, 5) is 0. The number of hydrogen-bond donors (Lipinski definition) is 0. The first-order valence-corrected chi connectivity index (χ1v) is 7.16. The van der Waals surface area contributed by atoms with Crippen molar-refractivity contribution in [2.45, 2.75) is 46.5 Å². The summed E-state index contributed by atoms with van der Waals surface area (Å²) >= 11 is 3.64. The summed E-state index contributed by atoms with van der Waals surface area (Å²) in [5, 5.41) is 0. The third kappa shape index (κ3) is 3.89. The molecule has 0 aliphatic heterocycles. The fraction of sp³-hybridized carbons (Fsp3) is 0.500. The molecule has 2 unspecified atom stereocenters. The van der Waals surface area contributed by atoms with Gasteiger partial charge in [0, 0.05) is 16.8 Å². The molecular formula is C16H21Br. The smallest absolute Gasteiger partial charge is 0.0240 e. The molecule has 1 aromatic rings. The summed E-state index contributed by atoms with van der Waals surface area (Å²) in [6, 6.07) is 6.70. The first-order valence-electron chi connectivity index (χ1n) is 6.36. The highest BCUT2D eigenvalue weighted by molar-refractivity contribution is 9.10. The third-order valence-electron chi connectivity index (χ3n) is 3.24. The molecule has 2 atom stereocenters. The Hall–Kier alpha value is -0.740. The van der Waals surface area contributed by atoms with E-state index in [9.17, 15) is 0 Å². The average Bonchev–Trinajstić information content (AvgIpc) is 2.34. The number of benzene rings is 1. The molecule has 0 aliphatic rings. The zero-order chi connectivity index (χ0) is 12.8. The van der Waals surface area contributed by atoms with Crippen molar-refractivity contribution in [3.63, 3.8) is 0 Å². The fourth-order valence-electron chi connectivity index (χ4n) is 1.81. The highest BCUT2D eigenvalue weighted by Gasteiger charge is 2.13. The summed E-state index contributed by atoms with van der Waals surface area (Å²) < 4.78 is 1.22. The van der Waals surface area contributed by atoms with E-state index < -0.39 is 0 Å². The van der Waals surface area contributed by atoms with Crippen LogP contribution in [0.3, 0.4) is 0 Å². The van der Waals surface area contributed by atoms with Gasteiger partial charge in [0.15, 0.2) is 0 Å². The van der Waals surface area contributed by atoms with E-state index in [4.69, 9.17) is 0 Å². The second-order valence-electron chi connectivity index (χ2n) is 4.46. The average molecular weight is 293 g/mol. The predicted molar refractivity (Wildman–Crippen MR) is 79.2 cm³/mol. The van der Waals surface area contributed by atoms with E-state index >= 15 is 0 Å². The number of aryl methyl sites for hydroxylation is 1. The molecule has 0 radical (unpaired) electrons. The van der Waals surface area contributed by atoms with Gasteiger partial charge in [-0.3, -0.25) is 0 Å².